The van der Waals surface area contributed by atoms with E-state index in [0.29, 0.717) is 11.4 Å². The Hall–Kier alpha value is -3.41. The van der Waals surface area contributed by atoms with Crippen LogP contribution in [0.5, 0.6) is 0 Å². The highest BCUT2D eigenvalue weighted by Gasteiger charge is 2.14. The largest absolute Gasteiger partial charge is 0.382 e. The molecule has 2 aromatic heterocycles. The van der Waals surface area contributed by atoms with Crippen molar-refractivity contribution < 1.29 is 4.79 Å². The van der Waals surface area contributed by atoms with Crippen molar-refractivity contribution in [2.45, 2.75) is 39.2 Å². The number of carbonyl (C=O) groups excluding carboxylic acids is 1. The van der Waals surface area contributed by atoms with Gasteiger partial charge < -0.3 is 16.0 Å². The molecule has 2 heterocycles. The predicted molar refractivity (Wildman–Crippen MR) is 117 cm³/mol. The van der Waals surface area contributed by atoms with E-state index in [1.807, 2.05) is 43.3 Å². The molecule has 0 aliphatic carbocycles. The molecule has 29 heavy (non-hydrogen) atoms. The summed E-state index contributed by atoms with van der Waals surface area (Å²) in [4.78, 5) is 20.7. The number of rotatable bonds is 7. The molecular weight excluding hydrogens is 362 g/mol. The van der Waals surface area contributed by atoms with Gasteiger partial charge in [0.1, 0.15) is 11.3 Å². The number of amides is 1. The summed E-state index contributed by atoms with van der Waals surface area (Å²) < 4.78 is 2.24. The van der Waals surface area contributed by atoms with Gasteiger partial charge in [-0.3, -0.25) is 4.79 Å². The average Bonchev–Trinajstić information content (AvgIpc) is 3.05. The van der Waals surface area contributed by atoms with Gasteiger partial charge in [0.15, 0.2) is 5.82 Å². The Balaban J connectivity index is 1.48. The number of unbranched alkanes of at least 4 members (excludes halogenated alkanes) is 2. The zero-order valence-corrected chi connectivity index (χ0v) is 16.6. The highest BCUT2D eigenvalue weighted by atomic mass is 16.1. The molecule has 0 aliphatic heterocycles. The molecule has 0 unspecified atom stereocenters. The molecule has 0 aliphatic rings. The van der Waals surface area contributed by atoms with Gasteiger partial charge in [-0.1, -0.05) is 42.8 Å². The Labute approximate surface area is 169 Å². The van der Waals surface area contributed by atoms with Crippen LogP contribution in [0.1, 0.15) is 41.0 Å². The first-order chi connectivity index (χ1) is 14.1. The highest BCUT2D eigenvalue weighted by Crippen LogP contribution is 2.28. The van der Waals surface area contributed by atoms with E-state index in [0.717, 1.165) is 65.6 Å². The molecular formula is C23H25N5O. The lowest BCUT2D eigenvalue weighted by Gasteiger charge is -2.10. The molecule has 4 rings (SSSR count). The SMILES string of the molecule is Cc1nc2c(N)nc3ccccc3c2n1CCCCCc1ccccc1C(N)=O. The molecule has 4 aromatic rings. The minimum Gasteiger partial charge on any atom is -0.382 e. The van der Waals surface area contributed by atoms with Crippen LogP contribution in [0.3, 0.4) is 0 Å². The molecule has 0 atom stereocenters. The van der Waals surface area contributed by atoms with Gasteiger partial charge in [0, 0.05) is 17.5 Å². The van der Waals surface area contributed by atoms with E-state index in [9.17, 15) is 4.79 Å². The van der Waals surface area contributed by atoms with Crippen molar-refractivity contribution in [3.05, 3.63) is 65.5 Å². The maximum Gasteiger partial charge on any atom is 0.248 e. The Morgan fingerprint density at radius 1 is 1.00 bits per heavy atom. The number of pyridine rings is 1. The standard InChI is InChI=1S/C23H25N5O/c1-15-26-20-21(18-12-6-7-13-19(18)27-22(20)24)28(15)14-8-2-3-9-16-10-4-5-11-17(16)23(25)29/h4-7,10-13H,2-3,8-9,14H2,1H3,(H2,24,27)(H2,25,29). The molecule has 0 bridgehead atoms. The van der Waals surface area contributed by atoms with Crippen molar-refractivity contribution >= 4 is 33.7 Å². The lowest BCUT2D eigenvalue weighted by molar-refractivity contribution is 0.0999. The van der Waals surface area contributed by atoms with Crippen molar-refractivity contribution in [3.8, 4) is 0 Å². The minimum atomic E-state index is -0.362. The van der Waals surface area contributed by atoms with Crippen LogP contribution in [0.4, 0.5) is 5.82 Å². The number of anilines is 1. The van der Waals surface area contributed by atoms with Gasteiger partial charge >= 0.3 is 0 Å². The zero-order chi connectivity index (χ0) is 20.4. The number of nitrogen functional groups attached to an aromatic ring is 1. The number of hydrogen-bond donors (Lipinski definition) is 2. The topological polar surface area (TPSA) is 99.8 Å². The van der Waals surface area contributed by atoms with Gasteiger partial charge in [0.25, 0.3) is 0 Å². The van der Waals surface area contributed by atoms with Crippen molar-refractivity contribution in [2.24, 2.45) is 5.73 Å². The fourth-order valence-electron chi connectivity index (χ4n) is 3.98. The summed E-state index contributed by atoms with van der Waals surface area (Å²) in [6, 6.07) is 15.6. The summed E-state index contributed by atoms with van der Waals surface area (Å²) in [5.74, 6) is 1.06. The number of benzene rings is 2. The molecule has 6 nitrogen and oxygen atoms in total. The van der Waals surface area contributed by atoms with Crippen LogP contribution in [0.2, 0.25) is 0 Å². The number of aromatic nitrogens is 3. The van der Waals surface area contributed by atoms with E-state index in [4.69, 9.17) is 11.5 Å². The molecule has 1 amide bonds. The van der Waals surface area contributed by atoms with E-state index in [1.54, 1.807) is 6.07 Å². The predicted octanol–water partition coefficient (Wildman–Crippen LogP) is 3.99. The van der Waals surface area contributed by atoms with E-state index in [-0.39, 0.29) is 5.91 Å². The summed E-state index contributed by atoms with van der Waals surface area (Å²) >= 11 is 0. The highest BCUT2D eigenvalue weighted by molar-refractivity contribution is 6.06. The Morgan fingerprint density at radius 2 is 1.76 bits per heavy atom. The first kappa shape index (κ1) is 18.9. The molecule has 0 saturated carbocycles. The Morgan fingerprint density at radius 3 is 2.59 bits per heavy atom. The summed E-state index contributed by atoms with van der Waals surface area (Å²) in [6.07, 6.45) is 3.91. The average molecular weight is 387 g/mol. The molecule has 0 spiro atoms. The first-order valence-electron chi connectivity index (χ1n) is 9.95. The lowest BCUT2D eigenvalue weighted by atomic mass is 10.0. The fourth-order valence-corrected chi connectivity index (χ4v) is 3.98. The molecule has 148 valence electrons. The number of carbonyl (C=O) groups is 1. The fraction of sp³-hybridized carbons (Fsp3) is 0.261. The molecule has 2 aromatic carbocycles. The van der Waals surface area contributed by atoms with E-state index in [2.05, 4.69) is 20.6 Å². The Bertz CT molecular complexity index is 1190. The van der Waals surface area contributed by atoms with Gasteiger partial charge in [-0.05, 0) is 43.9 Å². The maximum absolute atomic E-state index is 11.6. The number of fused-ring (bicyclic) bond motifs is 3. The van der Waals surface area contributed by atoms with Gasteiger partial charge in [-0.25, -0.2) is 9.97 Å². The monoisotopic (exact) mass is 387 g/mol. The van der Waals surface area contributed by atoms with Crippen LogP contribution >= 0.6 is 0 Å². The number of para-hydroxylation sites is 1. The first-order valence-corrected chi connectivity index (χ1v) is 9.95. The summed E-state index contributed by atoms with van der Waals surface area (Å²) in [5, 5.41) is 1.08. The van der Waals surface area contributed by atoms with Crippen LogP contribution in [0, 0.1) is 6.92 Å². The molecule has 0 radical (unpaired) electrons. The van der Waals surface area contributed by atoms with Gasteiger partial charge in [-0.2, -0.15) is 0 Å². The van der Waals surface area contributed by atoms with E-state index in [1.165, 1.54) is 0 Å². The number of nitrogens with two attached hydrogens (primary N) is 2. The van der Waals surface area contributed by atoms with Gasteiger partial charge in [-0.15, -0.1) is 0 Å². The zero-order valence-electron chi connectivity index (χ0n) is 16.6. The lowest BCUT2D eigenvalue weighted by Crippen LogP contribution is -2.13. The normalized spacial score (nSPS) is 11.3. The summed E-state index contributed by atoms with van der Waals surface area (Å²) in [7, 11) is 0. The number of imidazole rings is 1. The Kier molecular flexibility index (Phi) is 5.16. The van der Waals surface area contributed by atoms with Crippen LogP contribution in [-0.2, 0) is 13.0 Å². The molecule has 0 fully saturated rings. The van der Waals surface area contributed by atoms with Crippen LogP contribution in [-0.4, -0.2) is 20.4 Å². The third-order valence-electron chi connectivity index (χ3n) is 5.41. The van der Waals surface area contributed by atoms with Crippen molar-refractivity contribution in [1.29, 1.82) is 0 Å². The van der Waals surface area contributed by atoms with Crippen molar-refractivity contribution in [2.75, 3.05) is 5.73 Å². The third-order valence-corrected chi connectivity index (χ3v) is 5.41. The number of primary amides is 1. The summed E-state index contributed by atoms with van der Waals surface area (Å²) in [6.45, 7) is 2.88. The van der Waals surface area contributed by atoms with Gasteiger partial charge in [0.05, 0.1) is 11.0 Å². The number of hydrogen-bond acceptors (Lipinski definition) is 4. The van der Waals surface area contributed by atoms with Crippen molar-refractivity contribution in [3.63, 3.8) is 0 Å². The second-order valence-corrected chi connectivity index (χ2v) is 7.35. The second kappa shape index (κ2) is 7.91. The van der Waals surface area contributed by atoms with Crippen LogP contribution in [0.15, 0.2) is 48.5 Å². The van der Waals surface area contributed by atoms with Gasteiger partial charge in [0.2, 0.25) is 5.91 Å². The third kappa shape index (κ3) is 3.66. The van der Waals surface area contributed by atoms with Crippen molar-refractivity contribution in [1.82, 2.24) is 14.5 Å². The smallest absolute Gasteiger partial charge is 0.248 e. The maximum atomic E-state index is 11.6. The van der Waals surface area contributed by atoms with Crippen LogP contribution < -0.4 is 11.5 Å². The second-order valence-electron chi connectivity index (χ2n) is 7.35. The molecule has 0 saturated heterocycles. The quantitative estimate of drug-likeness (QED) is 0.468. The minimum absolute atomic E-state index is 0.362. The van der Waals surface area contributed by atoms with E-state index < -0.39 is 0 Å². The number of nitrogens with zero attached hydrogens (tertiary/aromatic N) is 3. The summed E-state index contributed by atoms with van der Waals surface area (Å²) in [5.41, 5.74) is 16.0. The number of aryl methyl sites for hydroxylation is 3. The molecule has 6 heteroatoms. The molecule has 4 N–H and O–H groups in total. The van der Waals surface area contributed by atoms with E-state index >= 15 is 0 Å². The van der Waals surface area contributed by atoms with Crippen LogP contribution in [0.25, 0.3) is 21.9 Å².